The van der Waals surface area contributed by atoms with E-state index in [0.29, 0.717) is 24.7 Å². The number of hydrogen-bond donors (Lipinski definition) is 1. The van der Waals surface area contributed by atoms with Gasteiger partial charge in [-0.25, -0.2) is 0 Å². The number of nitro benzene ring substituents is 1. The van der Waals surface area contributed by atoms with E-state index in [1.807, 2.05) is 6.92 Å². The Hall–Kier alpha value is -1.82. The molecule has 0 aromatic heterocycles. The van der Waals surface area contributed by atoms with Crippen LogP contribution < -0.4 is 10.1 Å². The van der Waals surface area contributed by atoms with Gasteiger partial charge in [-0.15, -0.1) is 0 Å². The summed E-state index contributed by atoms with van der Waals surface area (Å²) in [7, 11) is 1.65. The van der Waals surface area contributed by atoms with Crippen LogP contribution in [0.5, 0.6) is 5.75 Å². The number of nitro groups is 1. The van der Waals surface area contributed by atoms with Crippen molar-refractivity contribution in [1.82, 2.24) is 0 Å². The van der Waals surface area contributed by atoms with E-state index in [9.17, 15) is 10.1 Å². The second-order valence-corrected chi connectivity index (χ2v) is 4.91. The molecule has 0 saturated carbocycles. The first kappa shape index (κ1) is 17.2. The quantitative estimate of drug-likeness (QED) is 0.527. The summed E-state index contributed by atoms with van der Waals surface area (Å²) in [5.41, 5.74) is 0.713. The molecule has 1 unspecified atom stereocenters. The molecule has 0 aliphatic carbocycles. The lowest BCUT2D eigenvalue weighted by molar-refractivity contribution is -0.384. The minimum Gasteiger partial charge on any atom is -0.493 e. The van der Waals surface area contributed by atoms with Gasteiger partial charge >= 0.3 is 0 Å². The predicted octanol–water partition coefficient (Wildman–Crippen LogP) is 3.61. The highest BCUT2D eigenvalue weighted by Crippen LogP contribution is 2.27. The number of non-ortho nitro benzene ring substituents is 1. The molecule has 21 heavy (non-hydrogen) atoms. The van der Waals surface area contributed by atoms with Crippen LogP contribution in [0.2, 0.25) is 0 Å². The molecule has 0 bridgehead atoms. The van der Waals surface area contributed by atoms with Gasteiger partial charge in [0.15, 0.2) is 0 Å². The van der Waals surface area contributed by atoms with E-state index >= 15 is 0 Å². The number of benzene rings is 1. The summed E-state index contributed by atoms with van der Waals surface area (Å²) in [6.45, 7) is 5.18. The normalized spacial score (nSPS) is 12.0. The summed E-state index contributed by atoms with van der Waals surface area (Å²) in [4.78, 5) is 10.6. The molecule has 0 heterocycles. The average Bonchev–Trinajstić information content (AvgIpc) is 2.45. The zero-order valence-corrected chi connectivity index (χ0v) is 12.9. The first-order valence-electron chi connectivity index (χ1n) is 7.28. The van der Waals surface area contributed by atoms with Gasteiger partial charge in [-0.05, 0) is 12.8 Å². The van der Waals surface area contributed by atoms with Gasteiger partial charge in [0.05, 0.1) is 24.2 Å². The number of methoxy groups -OCH3 is 1. The molecule has 6 nitrogen and oxygen atoms in total. The maximum absolute atomic E-state index is 11.0. The van der Waals surface area contributed by atoms with Gasteiger partial charge in [0, 0.05) is 31.0 Å². The monoisotopic (exact) mass is 296 g/mol. The Morgan fingerprint density at radius 2 is 2.05 bits per heavy atom. The smallest absolute Gasteiger partial charge is 0.275 e. The van der Waals surface area contributed by atoms with Gasteiger partial charge in [0.25, 0.3) is 5.69 Å². The van der Waals surface area contributed by atoms with Crippen LogP contribution in [0.15, 0.2) is 18.2 Å². The largest absolute Gasteiger partial charge is 0.493 e. The highest BCUT2D eigenvalue weighted by molar-refractivity contribution is 5.56. The number of nitrogens with zero attached hydrogens (tertiary/aromatic N) is 1. The predicted molar refractivity (Wildman–Crippen MR) is 83.1 cm³/mol. The van der Waals surface area contributed by atoms with Crippen LogP contribution in [0.3, 0.4) is 0 Å². The van der Waals surface area contributed by atoms with Crippen molar-refractivity contribution in [3.63, 3.8) is 0 Å². The van der Waals surface area contributed by atoms with Crippen molar-refractivity contribution in [3.8, 4) is 5.75 Å². The molecule has 0 saturated heterocycles. The molecule has 6 heteroatoms. The van der Waals surface area contributed by atoms with Crippen LogP contribution in [0.1, 0.15) is 33.1 Å². The first-order valence-corrected chi connectivity index (χ1v) is 7.28. The molecular formula is C15H24N2O4. The third-order valence-corrected chi connectivity index (χ3v) is 2.95. The van der Waals surface area contributed by atoms with Gasteiger partial charge in [-0.3, -0.25) is 10.1 Å². The standard InChI is InChI=1S/C15H24N2O4/c1-4-6-12(11-20-3)16-13-8-14(17(18)19)10-15(9-13)21-7-5-2/h8-10,12,16H,4-7,11H2,1-3H3. The van der Waals surface area contributed by atoms with Crippen molar-refractivity contribution < 1.29 is 14.4 Å². The number of hydrogen-bond acceptors (Lipinski definition) is 5. The maximum atomic E-state index is 11.0. The van der Waals surface area contributed by atoms with Crippen molar-refractivity contribution in [1.29, 1.82) is 0 Å². The number of anilines is 1. The second-order valence-electron chi connectivity index (χ2n) is 4.91. The fraction of sp³-hybridized carbons (Fsp3) is 0.600. The molecule has 1 atom stereocenters. The Bertz CT molecular complexity index is 445. The third kappa shape index (κ3) is 5.99. The van der Waals surface area contributed by atoms with Crippen molar-refractivity contribution >= 4 is 11.4 Å². The van der Waals surface area contributed by atoms with Gasteiger partial charge in [-0.1, -0.05) is 20.3 Å². The summed E-state index contributed by atoms with van der Waals surface area (Å²) >= 11 is 0. The molecule has 1 N–H and O–H groups in total. The molecular weight excluding hydrogens is 272 g/mol. The van der Waals surface area contributed by atoms with Crippen molar-refractivity contribution in [2.75, 3.05) is 25.6 Å². The Labute approximate surface area is 125 Å². The number of rotatable bonds is 10. The van der Waals surface area contributed by atoms with E-state index < -0.39 is 4.92 Å². The van der Waals surface area contributed by atoms with Crippen LogP contribution in [-0.2, 0) is 4.74 Å². The molecule has 0 aliphatic heterocycles. The van der Waals surface area contributed by atoms with Gasteiger partial charge in [-0.2, -0.15) is 0 Å². The van der Waals surface area contributed by atoms with Crippen molar-refractivity contribution in [2.24, 2.45) is 0 Å². The molecule has 118 valence electrons. The fourth-order valence-electron chi connectivity index (χ4n) is 2.06. The topological polar surface area (TPSA) is 73.6 Å². The van der Waals surface area contributed by atoms with Crippen molar-refractivity contribution in [3.05, 3.63) is 28.3 Å². The molecule has 0 aliphatic rings. The van der Waals surface area contributed by atoms with Crippen molar-refractivity contribution in [2.45, 2.75) is 39.2 Å². The summed E-state index contributed by atoms with van der Waals surface area (Å²) in [5, 5.41) is 14.3. The summed E-state index contributed by atoms with van der Waals surface area (Å²) < 4.78 is 10.7. The Morgan fingerprint density at radius 1 is 1.29 bits per heavy atom. The van der Waals surface area contributed by atoms with E-state index in [2.05, 4.69) is 12.2 Å². The Balaban J connectivity index is 2.92. The Morgan fingerprint density at radius 3 is 2.62 bits per heavy atom. The molecule has 0 radical (unpaired) electrons. The van der Waals surface area contributed by atoms with E-state index in [1.165, 1.54) is 12.1 Å². The van der Waals surface area contributed by atoms with E-state index in [0.717, 1.165) is 19.3 Å². The zero-order valence-electron chi connectivity index (χ0n) is 12.9. The van der Waals surface area contributed by atoms with E-state index in [-0.39, 0.29) is 11.7 Å². The molecule has 1 aromatic rings. The Kier molecular flexibility index (Phi) is 7.53. The highest BCUT2D eigenvalue weighted by Gasteiger charge is 2.13. The van der Waals surface area contributed by atoms with Crippen LogP contribution in [0.25, 0.3) is 0 Å². The van der Waals surface area contributed by atoms with E-state index in [1.54, 1.807) is 13.2 Å². The number of ether oxygens (including phenoxy) is 2. The molecule has 1 aromatic carbocycles. The lowest BCUT2D eigenvalue weighted by atomic mass is 10.1. The lowest BCUT2D eigenvalue weighted by Gasteiger charge is -2.19. The second kappa shape index (κ2) is 9.18. The lowest BCUT2D eigenvalue weighted by Crippen LogP contribution is -2.24. The van der Waals surface area contributed by atoms with Crippen LogP contribution in [-0.4, -0.2) is 31.3 Å². The third-order valence-electron chi connectivity index (χ3n) is 2.95. The zero-order chi connectivity index (χ0) is 15.7. The molecule has 0 spiro atoms. The molecule has 0 amide bonds. The molecule has 1 rings (SSSR count). The maximum Gasteiger partial charge on any atom is 0.275 e. The average molecular weight is 296 g/mol. The van der Waals surface area contributed by atoms with Crippen LogP contribution in [0.4, 0.5) is 11.4 Å². The summed E-state index contributed by atoms with van der Waals surface area (Å²) in [6.07, 6.45) is 2.80. The van der Waals surface area contributed by atoms with Crippen LogP contribution >= 0.6 is 0 Å². The van der Waals surface area contributed by atoms with Crippen LogP contribution in [0, 0.1) is 10.1 Å². The SMILES string of the molecule is CCCOc1cc(NC(CCC)COC)cc([N+](=O)[O-])c1. The van der Waals surface area contributed by atoms with E-state index in [4.69, 9.17) is 9.47 Å². The summed E-state index contributed by atoms with van der Waals surface area (Å²) in [5.74, 6) is 0.515. The first-order chi connectivity index (χ1) is 10.1. The van der Waals surface area contributed by atoms with Gasteiger partial charge in [0.1, 0.15) is 5.75 Å². The fourth-order valence-corrected chi connectivity index (χ4v) is 2.06. The number of nitrogens with one attached hydrogen (secondary N) is 1. The highest BCUT2D eigenvalue weighted by atomic mass is 16.6. The summed E-state index contributed by atoms with van der Waals surface area (Å²) in [6, 6.07) is 4.89. The van der Waals surface area contributed by atoms with Gasteiger partial charge in [0.2, 0.25) is 0 Å². The minimum atomic E-state index is -0.408. The molecule has 0 fully saturated rings. The van der Waals surface area contributed by atoms with Gasteiger partial charge < -0.3 is 14.8 Å². The minimum absolute atomic E-state index is 0.0266.